The van der Waals surface area contributed by atoms with Crippen molar-refractivity contribution in [1.29, 1.82) is 0 Å². The summed E-state index contributed by atoms with van der Waals surface area (Å²) in [7, 11) is 0. The maximum absolute atomic E-state index is 11.7. The van der Waals surface area contributed by atoms with Gasteiger partial charge in [0.15, 0.2) is 0 Å². The summed E-state index contributed by atoms with van der Waals surface area (Å²) in [6.07, 6.45) is -0.509. The van der Waals surface area contributed by atoms with Gasteiger partial charge in [-0.3, -0.25) is 10.1 Å². The number of halogens is 1. The van der Waals surface area contributed by atoms with Gasteiger partial charge in [0.05, 0.1) is 5.69 Å². The fourth-order valence-corrected chi connectivity index (χ4v) is 2.98. The van der Waals surface area contributed by atoms with Crippen molar-refractivity contribution in [1.82, 2.24) is 4.98 Å². The van der Waals surface area contributed by atoms with Crippen LogP contribution in [-0.2, 0) is 4.74 Å². The van der Waals surface area contributed by atoms with E-state index in [1.54, 1.807) is 39.8 Å². The zero-order valence-corrected chi connectivity index (χ0v) is 14.8. The SMILES string of the molecule is Cc1nc(-c2ccc(NC(=O)OC(C)(C)C)cc2)sc1C(=O)Cl. The Morgan fingerprint density at radius 1 is 1.22 bits per heavy atom. The number of benzene rings is 1. The summed E-state index contributed by atoms with van der Waals surface area (Å²) in [6.45, 7) is 7.15. The Bertz CT molecular complexity index is 733. The molecule has 0 unspecified atom stereocenters. The van der Waals surface area contributed by atoms with Crippen LogP contribution in [-0.4, -0.2) is 21.9 Å². The topological polar surface area (TPSA) is 68.3 Å². The molecule has 122 valence electrons. The fraction of sp³-hybridized carbons (Fsp3) is 0.312. The second kappa shape index (κ2) is 6.68. The van der Waals surface area contributed by atoms with Crippen molar-refractivity contribution in [2.75, 3.05) is 5.32 Å². The molecular formula is C16H17ClN2O3S. The maximum atomic E-state index is 11.7. The molecule has 0 saturated carbocycles. The molecule has 1 aromatic heterocycles. The number of carbonyl (C=O) groups is 2. The van der Waals surface area contributed by atoms with Crippen LogP contribution in [0.1, 0.15) is 36.1 Å². The number of thiazole rings is 1. The fourth-order valence-electron chi connectivity index (χ4n) is 1.82. The maximum Gasteiger partial charge on any atom is 0.412 e. The third kappa shape index (κ3) is 4.77. The highest BCUT2D eigenvalue weighted by atomic mass is 35.5. The van der Waals surface area contributed by atoms with Gasteiger partial charge in [-0.2, -0.15) is 0 Å². The van der Waals surface area contributed by atoms with Crippen molar-refractivity contribution in [3.8, 4) is 10.6 Å². The first-order valence-electron chi connectivity index (χ1n) is 6.93. The van der Waals surface area contributed by atoms with E-state index in [0.29, 0.717) is 21.3 Å². The van der Waals surface area contributed by atoms with Gasteiger partial charge in [-0.05, 0) is 63.6 Å². The van der Waals surface area contributed by atoms with Gasteiger partial charge in [-0.1, -0.05) is 0 Å². The van der Waals surface area contributed by atoms with E-state index in [-0.39, 0.29) is 0 Å². The number of nitrogens with zero attached hydrogens (tertiary/aromatic N) is 1. The smallest absolute Gasteiger partial charge is 0.412 e. The van der Waals surface area contributed by atoms with E-state index in [9.17, 15) is 9.59 Å². The third-order valence-corrected chi connectivity index (χ3v) is 4.26. The Kier molecular flexibility index (Phi) is 5.06. The molecule has 2 rings (SSSR count). The molecule has 5 nitrogen and oxygen atoms in total. The lowest BCUT2D eigenvalue weighted by Gasteiger charge is -2.19. The molecule has 0 atom stereocenters. The van der Waals surface area contributed by atoms with E-state index in [1.165, 1.54) is 11.3 Å². The Morgan fingerprint density at radius 2 is 1.83 bits per heavy atom. The first-order valence-corrected chi connectivity index (χ1v) is 8.13. The molecule has 1 aromatic carbocycles. The van der Waals surface area contributed by atoms with Crippen molar-refractivity contribution in [3.05, 3.63) is 34.8 Å². The number of hydrogen-bond acceptors (Lipinski definition) is 5. The summed E-state index contributed by atoms with van der Waals surface area (Å²) in [5, 5.41) is 2.86. The summed E-state index contributed by atoms with van der Waals surface area (Å²) in [5.41, 5.74) is 1.52. The molecule has 0 aliphatic carbocycles. The average molecular weight is 353 g/mol. The van der Waals surface area contributed by atoms with Crippen LogP contribution < -0.4 is 5.32 Å². The van der Waals surface area contributed by atoms with Crippen molar-refractivity contribution >= 4 is 40.0 Å². The van der Waals surface area contributed by atoms with Crippen molar-refractivity contribution in [2.45, 2.75) is 33.3 Å². The van der Waals surface area contributed by atoms with Gasteiger partial charge in [0.25, 0.3) is 5.24 Å². The van der Waals surface area contributed by atoms with Crippen molar-refractivity contribution in [3.63, 3.8) is 0 Å². The molecule has 0 saturated heterocycles. The van der Waals surface area contributed by atoms with Crippen LogP contribution in [0, 0.1) is 6.92 Å². The van der Waals surface area contributed by atoms with E-state index in [4.69, 9.17) is 16.3 Å². The number of aryl methyl sites for hydroxylation is 1. The van der Waals surface area contributed by atoms with E-state index >= 15 is 0 Å². The average Bonchev–Trinajstić information content (AvgIpc) is 2.79. The number of ether oxygens (including phenoxy) is 1. The van der Waals surface area contributed by atoms with E-state index in [2.05, 4.69) is 10.3 Å². The highest BCUT2D eigenvalue weighted by Gasteiger charge is 2.17. The minimum atomic E-state index is -0.549. The highest BCUT2D eigenvalue weighted by molar-refractivity contribution is 7.18. The summed E-state index contributed by atoms with van der Waals surface area (Å²) < 4.78 is 5.19. The molecule has 0 bridgehead atoms. The number of amides is 1. The summed E-state index contributed by atoms with van der Waals surface area (Å²) in [5.74, 6) is 0. The van der Waals surface area contributed by atoms with E-state index < -0.39 is 16.9 Å². The standard InChI is InChI=1S/C16H17ClN2O3S/c1-9-12(13(17)20)23-14(18-9)10-5-7-11(8-6-10)19-15(21)22-16(2,3)4/h5-8H,1-4H3,(H,19,21). The summed E-state index contributed by atoms with van der Waals surface area (Å²) in [6, 6.07) is 7.12. The molecule has 23 heavy (non-hydrogen) atoms. The van der Waals surface area contributed by atoms with Gasteiger partial charge in [0, 0.05) is 11.3 Å². The second-order valence-electron chi connectivity index (χ2n) is 5.91. The van der Waals surface area contributed by atoms with Gasteiger partial charge < -0.3 is 4.74 Å². The Balaban J connectivity index is 2.12. The molecule has 1 N–H and O–H groups in total. The lowest BCUT2D eigenvalue weighted by atomic mass is 10.2. The van der Waals surface area contributed by atoms with Crippen LogP contribution in [0.25, 0.3) is 10.6 Å². The van der Waals surface area contributed by atoms with Crippen LogP contribution in [0.3, 0.4) is 0 Å². The molecule has 0 spiro atoms. The summed E-state index contributed by atoms with van der Waals surface area (Å²) in [4.78, 5) is 27.8. The normalized spacial score (nSPS) is 11.2. The number of hydrogen-bond donors (Lipinski definition) is 1. The predicted molar refractivity (Wildman–Crippen MR) is 92.3 cm³/mol. The first kappa shape index (κ1) is 17.4. The minimum absolute atomic E-state index is 0.442. The zero-order valence-electron chi connectivity index (χ0n) is 13.3. The Labute approximate surface area is 143 Å². The van der Waals surface area contributed by atoms with Crippen LogP contribution in [0.4, 0.5) is 10.5 Å². The number of rotatable bonds is 3. The Morgan fingerprint density at radius 3 is 2.30 bits per heavy atom. The number of nitrogens with one attached hydrogen (secondary N) is 1. The van der Waals surface area contributed by atoms with E-state index in [0.717, 1.165) is 5.56 Å². The molecule has 0 fully saturated rings. The molecule has 1 amide bonds. The molecule has 0 aliphatic heterocycles. The third-order valence-electron chi connectivity index (χ3n) is 2.75. The van der Waals surface area contributed by atoms with Gasteiger partial charge >= 0.3 is 6.09 Å². The highest BCUT2D eigenvalue weighted by Crippen LogP contribution is 2.29. The first-order chi connectivity index (χ1) is 10.7. The van der Waals surface area contributed by atoms with E-state index in [1.807, 2.05) is 12.1 Å². The number of carbonyl (C=O) groups excluding carboxylic acids is 2. The quantitative estimate of drug-likeness (QED) is 0.802. The van der Waals surface area contributed by atoms with Crippen molar-refractivity contribution < 1.29 is 14.3 Å². The van der Waals surface area contributed by atoms with Gasteiger partial charge in [0.1, 0.15) is 15.5 Å². The van der Waals surface area contributed by atoms with Crippen LogP contribution >= 0.6 is 22.9 Å². The number of anilines is 1. The monoisotopic (exact) mass is 352 g/mol. The zero-order chi connectivity index (χ0) is 17.2. The lowest BCUT2D eigenvalue weighted by Crippen LogP contribution is -2.27. The predicted octanol–water partition coefficient (Wildman–Crippen LogP) is 4.84. The molecule has 1 heterocycles. The van der Waals surface area contributed by atoms with Gasteiger partial charge in [0.2, 0.25) is 0 Å². The van der Waals surface area contributed by atoms with Crippen LogP contribution in [0.2, 0.25) is 0 Å². The van der Waals surface area contributed by atoms with Crippen molar-refractivity contribution in [2.24, 2.45) is 0 Å². The minimum Gasteiger partial charge on any atom is -0.444 e. The molecule has 0 aliphatic rings. The molecular weight excluding hydrogens is 336 g/mol. The van der Waals surface area contributed by atoms with Gasteiger partial charge in [-0.15, -0.1) is 11.3 Å². The van der Waals surface area contributed by atoms with Gasteiger partial charge in [-0.25, -0.2) is 9.78 Å². The molecule has 7 heteroatoms. The second-order valence-corrected chi connectivity index (χ2v) is 7.25. The Hall–Kier alpha value is -1.92. The lowest BCUT2D eigenvalue weighted by molar-refractivity contribution is 0.0636. The van der Waals surface area contributed by atoms with Crippen LogP contribution in [0.15, 0.2) is 24.3 Å². The summed E-state index contributed by atoms with van der Waals surface area (Å²) >= 11 is 6.76. The van der Waals surface area contributed by atoms with Crippen LogP contribution in [0.5, 0.6) is 0 Å². The molecule has 2 aromatic rings. The number of aromatic nitrogens is 1. The molecule has 0 radical (unpaired) electrons. The largest absolute Gasteiger partial charge is 0.444 e.